The fourth-order valence-corrected chi connectivity index (χ4v) is 3.85. The number of methoxy groups -OCH3 is 1. The Labute approximate surface area is 183 Å². The van der Waals surface area contributed by atoms with Gasteiger partial charge in [0.25, 0.3) is 11.5 Å². The quantitative estimate of drug-likeness (QED) is 0.432. The van der Waals surface area contributed by atoms with Crippen LogP contribution in [0.4, 0.5) is 0 Å². The van der Waals surface area contributed by atoms with Crippen LogP contribution in [0.25, 0.3) is 10.9 Å². The molecule has 0 aliphatic heterocycles. The van der Waals surface area contributed by atoms with Gasteiger partial charge in [-0.2, -0.15) is 0 Å². The van der Waals surface area contributed by atoms with E-state index in [0.717, 1.165) is 5.56 Å². The number of amides is 1. The SMILES string of the molecule is COCCn1c(=S)[nH]c2cc(C(=O)NCCc3ccc(S(N)(=O)=O)cc3)ccc2c1=O. The zero-order valence-corrected chi connectivity index (χ0v) is 18.4. The summed E-state index contributed by atoms with van der Waals surface area (Å²) in [6.45, 7) is 1.04. The van der Waals surface area contributed by atoms with Crippen molar-refractivity contribution in [3.05, 3.63) is 68.7 Å². The van der Waals surface area contributed by atoms with E-state index in [1.807, 2.05) is 0 Å². The molecule has 0 bridgehead atoms. The number of hydrogen-bond donors (Lipinski definition) is 3. The van der Waals surface area contributed by atoms with Crippen LogP contribution >= 0.6 is 12.2 Å². The molecule has 0 atom stereocenters. The van der Waals surface area contributed by atoms with E-state index >= 15 is 0 Å². The maximum absolute atomic E-state index is 12.6. The molecule has 4 N–H and O–H groups in total. The molecule has 0 unspecified atom stereocenters. The lowest BCUT2D eigenvalue weighted by Crippen LogP contribution is -2.26. The molecular weight excluding hydrogens is 440 g/mol. The molecule has 3 rings (SSSR count). The summed E-state index contributed by atoms with van der Waals surface area (Å²) in [5.74, 6) is -0.300. The van der Waals surface area contributed by atoms with Gasteiger partial charge in [0.05, 0.1) is 29.0 Å². The third kappa shape index (κ3) is 5.44. The number of nitrogens with two attached hydrogens (primary N) is 1. The highest BCUT2D eigenvalue weighted by atomic mass is 32.2. The van der Waals surface area contributed by atoms with Crippen molar-refractivity contribution >= 4 is 39.1 Å². The second kappa shape index (κ2) is 9.52. The van der Waals surface area contributed by atoms with Crippen LogP contribution < -0.4 is 16.0 Å². The van der Waals surface area contributed by atoms with Gasteiger partial charge in [0.15, 0.2) is 4.77 Å². The van der Waals surface area contributed by atoms with Gasteiger partial charge in [0.1, 0.15) is 0 Å². The number of ether oxygens (including phenoxy) is 1. The first-order valence-corrected chi connectivity index (χ1v) is 11.3. The fraction of sp³-hybridized carbons (Fsp3) is 0.250. The van der Waals surface area contributed by atoms with Crippen LogP contribution in [-0.4, -0.2) is 44.1 Å². The van der Waals surface area contributed by atoms with Crippen LogP contribution in [0.5, 0.6) is 0 Å². The van der Waals surface area contributed by atoms with Crippen LogP contribution in [0, 0.1) is 4.77 Å². The van der Waals surface area contributed by atoms with Gasteiger partial charge in [0.2, 0.25) is 10.0 Å². The normalized spacial score (nSPS) is 11.5. The van der Waals surface area contributed by atoms with Crippen molar-refractivity contribution in [3.63, 3.8) is 0 Å². The molecule has 9 nitrogen and oxygen atoms in total. The molecule has 1 aromatic heterocycles. The smallest absolute Gasteiger partial charge is 0.262 e. The molecular formula is C20H22N4O5S2. The summed E-state index contributed by atoms with van der Waals surface area (Å²) in [6, 6.07) is 10.9. The van der Waals surface area contributed by atoms with Crippen molar-refractivity contribution in [1.82, 2.24) is 14.9 Å². The highest BCUT2D eigenvalue weighted by Crippen LogP contribution is 2.12. The molecule has 0 radical (unpaired) electrons. The minimum Gasteiger partial charge on any atom is -0.383 e. The maximum Gasteiger partial charge on any atom is 0.262 e. The number of carbonyl (C=O) groups is 1. The van der Waals surface area contributed by atoms with E-state index in [-0.39, 0.29) is 21.1 Å². The summed E-state index contributed by atoms with van der Waals surface area (Å²) in [6.07, 6.45) is 0.511. The lowest BCUT2D eigenvalue weighted by Gasteiger charge is -2.09. The van der Waals surface area contributed by atoms with Crippen molar-refractivity contribution in [2.45, 2.75) is 17.9 Å². The van der Waals surface area contributed by atoms with E-state index in [1.165, 1.54) is 16.7 Å². The highest BCUT2D eigenvalue weighted by Gasteiger charge is 2.11. The van der Waals surface area contributed by atoms with Gasteiger partial charge in [0, 0.05) is 19.2 Å². The van der Waals surface area contributed by atoms with Crippen LogP contribution in [0.15, 0.2) is 52.2 Å². The number of fused-ring (bicyclic) bond motifs is 1. The van der Waals surface area contributed by atoms with Crippen molar-refractivity contribution in [1.29, 1.82) is 0 Å². The predicted molar refractivity (Wildman–Crippen MR) is 119 cm³/mol. The number of H-pyrrole nitrogens is 1. The van der Waals surface area contributed by atoms with Crippen molar-refractivity contribution in [2.75, 3.05) is 20.3 Å². The molecule has 0 spiro atoms. The summed E-state index contributed by atoms with van der Waals surface area (Å²) in [5.41, 5.74) is 1.48. The first kappa shape index (κ1) is 22.8. The average molecular weight is 463 g/mol. The minimum atomic E-state index is -3.73. The Morgan fingerprint density at radius 2 is 1.94 bits per heavy atom. The monoisotopic (exact) mass is 462 g/mol. The second-order valence-electron chi connectivity index (χ2n) is 6.83. The molecule has 1 amide bonds. The van der Waals surface area contributed by atoms with Gasteiger partial charge in [-0.3, -0.25) is 14.2 Å². The van der Waals surface area contributed by atoms with E-state index < -0.39 is 10.0 Å². The Morgan fingerprint density at radius 3 is 2.58 bits per heavy atom. The average Bonchev–Trinajstić information content (AvgIpc) is 2.73. The number of nitrogens with zero attached hydrogens (tertiary/aromatic N) is 1. The summed E-state index contributed by atoms with van der Waals surface area (Å²) in [5, 5.41) is 8.31. The molecule has 0 aliphatic carbocycles. The number of carbonyl (C=O) groups excluding carboxylic acids is 1. The molecule has 164 valence electrons. The lowest BCUT2D eigenvalue weighted by atomic mass is 10.1. The Hall–Kier alpha value is -2.86. The number of aromatic amines is 1. The maximum atomic E-state index is 12.6. The molecule has 31 heavy (non-hydrogen) atoms. The van der Waals surface area contributed by atoms with E-state index in [4.69, 9.17) is 22.1 Å². The molecule has 11 heteroatoms. The molecule has 1 heterocycles. The zero-order chi connectivity index (χ0) is 22.6. The van der Waals surface area contributed by atoms with E-state index in [9.17, 15) is 18.0 Å². The van der Waals surface area contributed by atoms with Gasteiger partial charge in [-0.05, 0) is 54.5 Å². The Balaban J connectivity index is 1.69. The highest BCUT2D eigenvalue weighted by molar-refractivity contribution is 7.89. The predicted octanol–water partition coefficient (Wildman–Crippen LogP) is 1.33. The van der Waals surface area contributed by atoms with Crippen LogP contribution in [-0.2, 0) is 27.7 Å². The number of aromatic nitrogens is 2. The van der Waals surface area contributed by atoms with Gasteiger partial charge in [-0.15, -0.1) is 0 Å². The van der Waals surface area contributed by atoms with E-state index in [1.54, 1.807) is 37.4 Å². The summed E-state index contributed by atoms with van der Waals surface area (Å²) in [7, 11) is -2.19. The third-order valence-corrected chi connectivity index (χ3v) is 5.97. The summed E-state index contributed by atoms with van der Waals surface area (Å²) >= 11 is 5.25. The molecule has 3 aromatic rings. The van der Waals surface area contributed by atoms with Gasteiger partial charge in [-0.25, -0.2) is 13.6 Å². The first-order valence-electron chi connectivity index (χ1n) is 9.36. The Bertz CT molecular complexity index is 1330. The Morgan fingerprint density at radius 1 is 1.23 bits per heavy atom. The number of rotatable bonds is 8. The standard InChI is InChI=1S/C20H22N4O5S2/c1-29-11-10-24-19(26)16-7-4-14(12-17(16)23-20(24)30)18(25)22-9-8-13-2-5-15(6-3-13)31(21,27)28/h2-7,12H,8-11H2,1H3,(H,22,25)(H,23,30)(H2,21,27,28). The van der Waals surface area contributed by atoms with Gasteiger partial charge < -0.3 is 15.0 Å². The van der Waals surface area contributed by atoms with Crippen LogP contribution in [0.2, 0.25) is 0 Å². The second-order valence-corrected chi connectivity index (χ2v) is 8.78. The summed E-state index contributed by atoms with van der Waals surface area (Å²) < 4.78 is 29.3. The fourth-order valence-electron chi connectivity index (χ4n) is 3.05. The Kier molecular flexibility index (Phi) is 7.01. The largest absolute Gasteiger partial charge is 0.383 e. The molecule has 0 aliphatic rings. The molecule has 0 saturated heterocycles. The lowest BCUT2D eigenvalue weighted by molar-refractivity contribution is 0.0954. The van der Waals surface area contributed by atoms with E-state index in [0.29, 0.717) is 42.6 Å². The van der Waals surface area contributed by atoms with Crippen LogP contribution in [0.1, 0.15) is 15.9 Å². The molecule has 0 saturated carbocycles. The summed E-state index contributed by atoms with van der Waals surface area (Å²) in [4.78, 5) is 28.1. The topological polar surface area (TPSA) is 136 Å². The van der Waals surface area contributed by atoms with E-state index in [2.05, 4.69) is 10.3 Å². The number of hydrogen-bond acceptors (Lipinski definition) is 6. The molecule has 2 aromatic carbocycles. The number of benzene rings is 2. The number of primary sulfonamides is 1. The number of sulfonamides is 1. The number of nitrogens with one attached hydrogen (secondary N) is 2. The first-order chi connectivity index (χ1) is 14.7. The third-order valence-electron chi connectivity index (χ3n) is 4.71. The van der Waals surface area contributed by atoms with Gasteiger partial charge >= 0.3 is 0 Å². The van der Waals surface area contributed by atoms with Crippen molar-refractivity contribution < 1.29 is 17.9 Å². The minimum absolute atomic E-state index is 0.0371. The van der Waals surface area contributed by atoms with Gasteiger partial charge in [-0.1, -0.05) is 12.1 Å². The van der Waals surface area contributed by atoms with Crippen LogP contribution in [0.3, 0.4) is 0 Å². The van der Waals surface area contributed by atoms with Crippen molar-refractivity contribution in [2.24, 2.45) is 5.14 Å². The van der Waals surface area contributed by atoms with Crippen molar-refractivity contribution in [3.8, 4) is 0 Å². The molecule has 0 fully saturated rings. The zero-order valence-electron chi connectivity index (χ0n) is 16.8.